The number of carboxylic acid groups (broad SMARTS) is 1. The van der Waals surface area contributed by atoms with Crippen LogP contribution in [0.5, 0.6) is 0 Å². The Bertz CT molecular complexity index is 333. The summed E-state index contributed by atoms with van der Waals surface area (Å²) in [4.78, 5) is 24.3. The molecular weight excluding hydrogens is 248 g/mol. The highest BCUT2D eigenvalue weighted by atomic mass is 16.5. The summed E-state index contributed by atoms with van der Waals surface area (Å²) >= 11 is 0. The number of nitrogens with zero attached hydrogens (tertiary/aromatic N) is 1. The number of carbonyl (C=O) groups excluding carboxylic acids is 1. The van der Waals surface area contributed by atoms with Crippen molar-refractivity contribution >= 4 is 12.0 Å². The molecule has 0 aromatic carbocycles. The number of hydrogen-bond donors (Lipinski definition) is 2. The minimum atomic E-state index is -0.837. The van der Waals surface area contributed by atoms with Gasteiger partial charge in [0, 0.05) is 19.6 Å². The SMILES string of the molecule is C=CCCOCCNC(=O)N1C[C@@H](C)[C@H](C(=O)O)C1. The Kier molecular flexibility index (Phi) is 6.35. The Balaban J connectivity index is 2.20. The van der Waals surface area contributed by atoms with Gasteiger partial charge in [-0.2, -0.15) is 0 Å². The normalized spacial score (nSPS) is 22.3. The summed E-state index contributed by atoms with van der Waals surface area (Å²) in [6, 6.07) is -0.220. The lowest BCUT2D eigenvalue weighted by molar-refractivity contribution is -0.142. The minimum absolute atomic E-state index is 0.00732. The van der Waals surface area contributed by atoms with E-state index in [1.165, 1.54) is 0 Å². The average Bonchev–Trinajstić information content (AvgIpc) is 2.75. The molecule has 2 atom stereocenters. The molecule has 1 heterocycles. The standard InChI is InChI=1S/C13H22N2O4/c1-3-4-6-19-7-5-14-13(18)15-8-10(2)11(9-15)12(16)17/h3,10-11H,1,4-9H2,2H3,(H,14,18)(H,16,17)/t10-,11-/m1/s1. The van der Waals surface area contributed by atoms with Crippen molar-refractivity contribution in [2.45, 2.75) is 13.3 Å². The highest BCUT2D eigenvalue weighted by molar-refractivity contribution is 5.77. The van der Waals surface area contributed by atoms with Crippen LogP contribution in [0.1, 0.15) is 13.3 Å². The average molecular weight is 270 g/mol. The zero-order valence-electron chi connectivity index (χ0n) is 11.3. The zero-order valence-corrected chi connectivity index (χ0v) is 11.3. The van der Waals surface area contributed by atoms with Crippen LogP contribution >= 0.6 is 0 Å². The van der Waals surface area contributed by atoms with Crippen molar-refractivity contribution < 1.29 is 19.4 Å². The molecule has 1 saturated heterocycles. The van der Waals surface area contributed by atoms with Crippen LogP contribution in [0, 0.1) is 11.8 Å². The summed E-state index contributed by atoms with van der Waals surface area (Å²) in [5, 5.41) is 11.7. The van der Waals surface area contributed by atoms with Crippen molar-refractivity contribution in [1.82, 2.24) is 10.2 Å². The van der Waals surface area contributed by atoms with Crippen molar-refractivity contribution in [2.24, 2.45) is 11.8 Å². The molecule has 0 aromatic rings. The predicted octanol–water partition coefficient (Wildman–Crippen LogP) is 0.941. The maximum atomic E-state index is 11.8. The molecule has 0 unspecified atom stereocenters. The van der Waals surface area contributed by atoms with Crippen LogP contribution in [0.3, 0.4) is 0 Å². The Morgan fingerprint density at radius 2 is 2.21 bits per heavy atom. The fraction of sp³-hybridized carbons (Fsp3) is 0.692. The summed E-state index contributed by atoms with van der Waals surface area (Å²) < 4.78 is 5.27. The van der Waals surface area contributed by atoms with Crippen LogP contribution < -0.4 is 5.32 Å². The number of rotatable bonds is 7. The molecule has 0 spiro atoms. The lowest BCUT2D eigenvalue weighted by Crippen LogP contribution is -2.40. The Morgan fingerprint density at radius 3 is 2.79 bits per heavy atom. The van der Waals surface area contributed by atoms with Crippen LogP contribution in [0.25, 0.3) is 0 Å². The summed E-state index contributed by atoms with van der Waals surface area (Å²) in [6.45, 7) is 7.68. The van der Waals surface area contributed by atoms with E-state index < -0.39 is 11.9 Å². The van der Waals surface area contributed by atoms with Gasteiger partial charge in [-0.15, -0.1) is 6.58 Å². The molecule has 6 nitrogen and oxygen atoms in total. The topological polar surface area (TPSA) is 78.9 Å². The summed E-state index contributed by atoms with van der Waals surface area (Å²) in [6.07, 6.45) is 2.56. The molecule has 0 saturated carbocycles. The van der Waals surface area contributed by atoms with Gasteiger partial charge in [-0.3, -0.25) is 4.79 Å². The van der Waals surface area contributed by atoms with Crippen LogP contribution in [-0.2, 0) is 9.53 Å². The molecule has 1 fully saturated rings. The third kappa shape index (κ3) is 4.90. The van der Waals surface area contributed by atoms with Crippen molar-refractivity contribution in [3.8, 4) is 0 Å². The number of likely N-dealkylation sites (tertiary alicyclic amines) is 1. The van der Waals surface area contributed by atoms with E-state index >= 15 is 0 Å². The van der Waals surface area contributed by atoms with Gasteiger partial charge < -0.3 is 20.1 Å². The number of urea groups is 1. The van der Waals surface area contributed by atoms with Gasteiger partial charge in [0.1, 0.15) is 0 Å². The minimum Gasteiger partial charge on any atom is -0.481 e. The predicted molar refractivity (Wildman–Crippen MR) is 70.9 cm³/mol. The summed E-state index contributed by atoms with van der Waals surface area (Å²) in [5.41, 5.74) is 0. The molecule has 0 aliphatic carbocycles. The first-order valence-electron chi connectivity index (χ1n) is 6.50. The molecule has 0 aromatic heterocycles. The quantitative estimate of drug-likeness (QED) is 0.533. The molecule has 108 valence electrons. The van der Waals surface area contributed by atoms with Crippen LogP contribution in [0.4, 0.5) is 4.79 Å². The summed E-state index contributed by atoms with van der Waals surface area (Å²) in [7, 11) is 0. The molecule has 1 aliphatic rings. The molecule has 0 bridgehead atoms. The van der Waals surface area contributed by atoms with E-state index in [4.69, 9.17) is 9.84 Å². The van der Waals surface area contributed by atoms with E-state index in [2.05, 4.69) is 11.9 Å². The van der Waals surface area contributed by atoms with Crippen molar-refractivity contribution in [1.29, 1.82) is 0 Å². The molecule has 1 aliphatic heterocycles. The van der Waals surface area contributed by atoms with Gasteiger partial charge in [-0.05, 0) is 12.3 Å². The highest BCUT2D eigenvalue weighted by Crippen LogP contribution is 2.22. The lowest BCUT2D eigenvalue weighted by atomic mass is 9.99. The van der Waals surface area contributed by atoms with E-state index in [0.717, 1.165) is 6.42 Å². The Hall–Kier alpha value is -1.56. The third-order valence-corrected chi connectivity index (χ3v) is 3.21. The molecule has 6 heteroatoms. The second-order valence-electron chi connectivity index (χ2n) is 4.75. The van der Waals surface area contributed by atoms with Gasteiger partial charge >= 0.3 is 12.0 Å². The van der Waals surface area contributed by atoms with Gasteiger partial charge in [0.05, 0.1) is 19.1 Å². The van der Waals surface area contributed by atoms with E-state index in [0.29, 0.717) is 26.3 Å². The second kappa shape index (κ2) is 7.78. The number of ether oxygens (including phenoxy) is 1. The fourth-order valence-electron chi connectivity index (χ4n) is 2.06. The monoisotopic (exact) mass is 270 g/mol. The molecular formula is C13H22N2O4. The van der Waals surface area contributed by atoms with Gasteiger partial charge in [-0.25, -0.2) is 4.79 Å². The number of aliphatic carboxylic acids is 1. The number of hydrogen-bond acceptors (Lipinski definition) is 3. The first kappa shape index (κ1) is 15.5. The van der Waals surface area contributed by atoms with Crippen LogP contribution in [0.2, 0.25) is 0 Å². The molecule has 0 radical (unpaired) electrons. The van der Waals surface area contributed by atoms with E-state index in [-0.39, 0.29) is 18.5 Å². The first-order valence-corrected chi connectivity index (χ1v) is 6.50. The number of nitrogens with one attached hydrogen (secondary N) is 1. The Labute approximate surface area is 113 Å². The van der Waals surface area contributed by atoms with Crippen LogP contribution in [-0.4, -0.2) is 54.9 Å². The highest BCUT2D eigenvalue weighted by Gasteiger charge is 2.36. The van der Waals surface area contributed by atoms with E-state index in [1.807, 2.05) is 6.92 Å². The molecule has 2 amide bonds. The van der Waals surface area contributed by atoms with Crippen molar-refractivity contribution in [3.63, 3.8) is 0 Å². The van der Waals surface area contributed by atoms with E-state index in [9.17, 15) is 9.59 Å². The number of carboxylic acids is 1. The molecule has 19 heavy (non-hydrogen) atoms. The molecule has 1 rings (SSSR count). The number of amides is 2. The lowest BCUT2D eigenvalue weighted by Gasteiger charge is -2.16. The van der Waals surface area contributed by atoms with Gasteiger partial charge in [0.2, 0.25) is 0 Å². The Morgan fingerprint density at radius 1 is 1.47 bits per heavy atom. The third-order valence-electron chi connectivity index (χ3n) is 3.21. The van der Waals surface area contributed by atoms with E-state index in [1.54, 1.807) is 11.0 Å². The smallest absolute Gasteiger partial charge is 0.317 e. The fourth-order valence-corrected chi connectivity index (χ4v) is 2.06. The van der Waals surface area contributed by atoms with Gasteiger partial charge in [-0.1, -0.05) is 13.0 Å². The molecule has 2 N–H and O–H groups in total. The summed E-state index contributed by atoms with van der Waals surface area (Å²) in [5.74, 6) is -1.31. The largest absolute Gasteiger partial charge is 0.481 e. The zero-order chi connectivity index (χ0) is 14.3. The number of carbonyl (C=O) groups is 2. The van der Waals surface area contributed by atoms with Crippen LogP contribution in [0.15, 0.2) is 12.7 Å². The van der Waals surface area contributed by atoms with Gasteiger partial charge in [0.25, 0.3) is 0 Å². The maximum absolute atomic E-state index is 11.8. The van der Waals surface area contributed by atoms with Crippen molar-refractivity contribution in [3.05, 3.63) is 12.7 Å². The maximum Gasteiger partial charge on any atom is 0.317 e. The second-order valence-corrected chi connectivity index (χ2v) is 4.75. The van der Waals surface area contributed by atoms with Crippen molar-refractivity contribution in [2.75, 3.05) is 32.8 Å². The first-order chi connectivity index (χ1) is 9.06. The van der Waals surface area contributed by atoms with Gasteiger partial charge in [0.15, 0.2) is 0 Å².